The molecular weight excluding hydrogens is 258 g/mol. The number of nitrogens with zero attached hydrogens (tertiary/aromatic N) is 2. The van der Waals surface area contributed by atoms with Crippen molar-refractivity contribution in [3.05, 3.63) is 28.3 Å². The summed E-state index contributed by atoms with van der Waals surface area (Å²) in [5.41, 5.74) is 1.05. The quantitative estimate of drug-likeness (QED) is 0.638. The van der Waals surface area contributed by atoms with Crippen molar-refractivity contribution in [1.82, 2.24) is 4.98 Å². The molecule has 2 aromatic rings. The summed E-state index contributed by atoms with van der Waals surface area (Å²) < 4.78 is 5.52. The lowest BCUT2D eigenvalue weighted by molar-refractivity contribution is -0.384. The van der Waals surface area contributed by atoms with Crippen LogP contribution in [0.3, 0.4) is 0 Å². The highest BCUT2D eigenvalue weighted by atomic mass is 16.6. The van der Waals surface area contributed by atoms with Crippen molar-refractivity contribution >= 4 is 22.8 Å². The Kier molecular flexibility index (Phi) is 4.22. The van der Waals surface area contributed by atoms with Crippen molar-refractivity contribution in [1.29, 1.82) is 0 Å². The second kappa shape index (κ2) is 5.90. The average molecular weight is 277 g/mol. The van der Waals surface area contributed by atoms with Crippen molar-refractivity contribution in [3.63, 3.8) is 0 Å². The van der Waals surface area contributed by atoms with Crippen LogP contribution in [0.2, 0.25) is 0 Å². The number of nitro benzene ring substituents is 1. The molecule has 0 spiro atoms. The first-order chi connectivity index (χ1) is 9.49. The first-order valence-electron chi connectivity index (χ1n) is 6.81. The molecule has 0 amide bonds. The smallest absolute Gasteiger partial charge is 0.295 e. The summed E-state index contributed by atoms with van der Waals surface area (Å²) in [5, 5.41) is 13.9. The molecule has 1 aromatic heterocycles. The van der Waals surface area contributed by atoms with Crippen LogP contribution >= 0.6 is 0 Å². The van der Waals surface area contributed by atoms with E-state index in [1.165, 1.54) is 12.1 Å². The van der Waals surface area contributed by atoms with Gasteiger partial charge in [0, 0.05) is 12.1 Å². The molecule has 1 N–H and O–H groups in total. The fraction of sp³-hybridized carbons (Fsp3) is 0.500. The molecule has 6 heteroatoms. The molecule has 0 saturated carbocycles. The molecule has 0 aliphatic carbocycles. The third kappa shape index (κ3) is 3.26. The zero-order valence-electron chi connectivity index (χ0n) is 11.9. The van der Waals surface area contributed by atoms with Gasteiger partial charge in [0.1, 0.15) is 5.52 Å². The molecule has 0 radical (unpaired) electrons. The SMILES string of the molecule is CCC(C)CC(C)Nc1nc2ccc([N+](=O)[O-])cc2o1. The third-order valence-electron chi connectivity index (χ3n) is 3.41. The third-order valence-corrected chi connectivity index (χ3v) is 3.41. The summed E-state index contributed by atoms with van der Waals surface area (Å²) >= 11 is 0. The van der Waals surface area contributed by atoms with Crippen LogP contribution in [0, 0.1) is 16.0 Å². The van der Waals surface area contributed by atoms with Gasteiger partial charge in [-0.25, -0.2) is 0 Å². The molecule has 6 nitrogen and oxygen atoms in total. The fourth-order valence-electron chi connectivity index (χ4n) is 2.13. The van der Waals surface area contributed by atoms with Gasteiger partial charge in [0.15, 0.2) is 5.58 Å². The normalized spacial score (nSPS) is 14.2. The Balaban J connectivity index is 2.13. The number of oxazole rings is 1. The van der Waals surface area contributed by atoms with E-state index in [9.17, 15) is 10.1 Å². The zero-order chi connectivity index (χ0) is 14.7. The maximum atomic E-state index is 10.7. The van der Waals surface area contributed by atoms with Gasteiger partial charge in [-0.1, -0.05) is 20.3 Å². The predicted octanol–water partition coefficient (Wildman–Crippen LogP) is 3.97. The van der Waals surface area contributed by atoms with Crippen LogP contribution in [0.25, 0.3) is 11.1 Å². The van der Waals surface area contributed by atoms with E-state index >= 15 is 0 Å². The van der Waals surface area contributed by atoms with Gasteiger partial charge in [0.2, 0.25) is 0 Å². The van der Waals surface area contributed by atoms with Crippen molar-refractivity contribution in [2.45, 2.75) is 39.7 Å². The van der Waals surface area contributed by atoms with Gasteiger partial charge in [-0.2, -0.15) is 4.98 Å². The Morgan fingerprint density at radius 1 is 1.45 bits per heavy atom. The first-order valence-corrected chi connectivity index (χ1v) is 6.81. The van der Waals surface area contributed by atoms with E-state index in [1.54, 1.807) is 6.07 Å². The number of benzene rings is 1. The number of fused-ring (bicyclic) bond motifs is 1. The Hall–Kier alpha value is -2.11. The topological polar surface area (TPSA) is 81.2 Å². The number of aromatic nitrogens is 1. The van der Waals surface area contributed by atoms with Crippen molar-refractivity contribution in [2.24, 2.45) is 5.92 Å². The van der Waals surface area contributed by atoms with Crippen molar-refractivity contribution < 1.29 is 9.34 Å². The fourth-order valence-corrected chi connectivity index (χ4v) is 2.13. The summed E-state index contributed by atoms with van der Waals surface area (Å²) in [6.45, 7) is 6.44. The molecule has 1 aromatic carbocycles. The predicted molar refractivity (Wildman–Crippen MR) is 77.8 cm³/mol. The van der Waals surface area contributed by atoms with Crippen LogP contribution in [0.1, 0.15) is 33.6 Å². The van der Waals surface area contributed by atoms with Crippen LogP contribution in [0.4, 0.5) is 11.7 Å². The van der Waals surface area contributed by atoms with Crippen LogP contribution in [0.15, 0.2) is 22.6 Å². The van der Waals surface area contributed by atoms with E-state index in [0.29, 0.717) is 23.0 Å². The Morgan fingerprint density at radius 3 is 2.85 bits per heavy atom. The molecule has 2 atom stereocenters. The summed E-state index contributed by atoms with van der Waals surface area (Å²) in [6.07, 6.45) is 2.15. The van der Waals surface area contributed by atoms with E-state index in [1.807, 2.05) is 0 Å². The molecule has 108 valence electrons. The van der Waals surface area contributed by atoms with Crippen molar-refractivity contribution in [3.8, 4) is 0 Å². The Morgan fingerprint density at radius 2 is 2.20 bits per heavy atom. The largest absolute Gasteiger partial charge is 0.423 e. The van der Waals surface area contributed by atoms with Gasteiger partial charge in [-0.15, -0.1) is 0 Å². The molecule has 2 unspecified atom stereocenters. The van der Waals surface area contributed by atoms with Gasteiger partial charge in [-0.05, 0) is 25.3 Å². The average Bonchev–Trinajstić information content (AvgIpc) is 2.78. The standard InChI is InChI=1S/C14H19N3O3/c1-4-9(2)7-10(3)15-14-16-12-6-5-11(17(18)19)8-13(12)20-14/h5-6,8-10H,4,7H2,1-3H3,(H,15,16). The van der Waals surface area contributed by atoms with Gasteiger partial charge >= 0.3 is 0 Å². The number of hydrogen-bond donors (Lipinski definition) is 1. The highest BCUT2D eigenvalue weighted by Gasteiger charge is 2.14. The van der Waals surface area contributed by atoms with E-state index < -0.39 is 4.92 Å². The van der Waals surface area contributed by atoms with E-state index in [0.717, 1.165) is 12.8 Å². The second-order valence-corrected chi connectivity index (χ2v) is 5.22. The van der Waals surface area contributed by atoms with Crippen LogP contribution in [-0.4, -0.2) is 15.9 Å². The highest BCUT2D eigenvalue weighted by molar-refractivity contribution is 5.77. The highest BCUT2D eigenvalue weighted by Crippen LogP contribution is 2.24. The van der Waals surface area contributed by atoms with Crippen LogP contribution < -0.4 is 5.32 Å². The Labute approximate surface area is 117 Å². The van der Waals surface area contributed by atoms with E-state index in [4.69, 9.17) is 4.42 Å². The molecule has 0 bridgehead atoms. The lowest BCUT2D eigenvalue weighted by atomic mass is 10.0. The van der Waals surface area contributed by atoms with Crippen LogP contribution in [0.5, 0.6) is 0 Å². The minimum absolute atomic E-state index is 0.00727. The van der Waals surface area contributed by atoms with Gasteiger partial charge < -0.3 is 9.73 Å². The second-order valence-electron chi connectivity index (χ2n) is 5.22. The number of hydrogen-bond acceptors (Lipinski definition) is 5. The van der Waals surface area contributed by atoms with E-state index in [2.05, 4.69) is 31.1 Å². The molecule has 0 aliphatic rings. The van der Waals surface area contributed by atoms with Gasteiger partial charge in [0.25, 0.3) is 11.7 Å². The summed E-state index contributed by atoms with van der Waals surface area (Å²) in [7, 11) is 0. The number of nitro groups is 1. The molecule has 2 rings (SSSR count). The number of rotatable bonds is 6. The molecule has 1 heterocycles. The summed E-state index contributed by atoms with van der Waals surface area (Å²) in [6, 6.07) is 5.08. The molecule has 0 fully saturated rings. The van der Waals surface area contributed by atoms with Gasteiger partial charge in [-0.3, -0.25) is 10.1 Å². The number of nitrogens with one attached hydrogen (secondary N) is 1. The zero-order valence-corrected chi connectivity index (χ0v) is 11.9. The first kappa shape index (κ1) is 14.3. The van der Waals surface area contributed by atoms with Gasteiger partial charge in [0.05, 0.1) is 11.0 Å². The summed E-state index contributed by atoms with van der Waals surface area (Å²) in [4.78, 5) is 14.6. The van der Waals surface area contributed by atoms with Crippen molar-refractivity contribution in [2.75, 3.05) is 5.32 Å². The maximum Gasteiger partial charge on any atom is 0.295 e. The number of non-ortho nitro benzene ring substituents is 1. The summed E-state index contributed by atoms with van der Waals surface area (Å²) in [5.74, 6) is 0.628. The molecule has 20 heavy (non-hydrogen) atoms. The molecular formula is C14H19N3O3. The molecule has 0 aliphatic heterocycles. The van der Waals surface area contributed by atoms with E-state index in [-0.39, 0.29) is 11.7 Å². The number of anilines is 1. The minimum Gasteiger partial charge on any atom is -0.423 e. The maximum absolute atomic E-state index is 10.7. The lowest BCUT2D eigenvalue weighted by Crippen LogP contribution is -2.18. The lowest BCUT2D eigenvalue weighted by Gasteiger charge is -2.15. The Bertz CT molecular complexity index is 609. The van der Waals surface area contributed by atoms with Crippen LogP contribution in [-0.2, 0) is 0 Å². The molecule has 0 saturated heterocycles. The minimum atomic E-state index is -0.444. The monoisotopic (exact) mass is 277 g/mol.